The first-order chi connectivity index (χ1) is 21.0. The summed E-state index contributed by atoms with van der Waals surface area (Å²) in [5.41, 5.74) is 5.65. The number of carbonyl (C=O) groups is 1. The average Bonchev–Trinajstić information content (AvgIpc) is 3.66. The third-order valence-corrected chi connectivity index (χ3v) is 9.40. The Labute approximate surface area is 254 Å². The van der Waals surface area contributed by atoms with Crippen molar-refractivity contribution in [2.24, 2.45) is 0 Å². The quantitative estimate of drug-likeness (QED) is 0.190. The van der Waals surface area contributed by atoms with Gasteiger partial charge in [-0.3, -0.25) is 4.79 Å². The Morgan fingerprint density at radius 3 is 2.58 bits per heavy atom. The molecule has 1 aliphatic rings. The number of aromatic nitrogens is 2. The molecule has 0 radical (unpaired) electrons. The van der Waals surface area contributed by atoms with Gasteiger partial charge in [0.2, 0.25) is 0 Å². The molecule has 7 rings (SSSR count). The summed E-state index contributed by atoms with van der Waals surface area (Å²) in [7, 11) is 2.17. The summed E-state index contributed by atoms with van der Waals surface area (Å²) < 4.78 is 1.22. The Balaban J connectivity index is 1.05. The molecular weight excluding hydrogens is 554 g/mol. The monoisotopic (exact) mass is 587 g/mol. The van der Waals surface area contributed by atoms with Gasteiger partial charge in [-0.25, -0.2) is 4.98 Å². The van der Waals surface area contributed by atoms with Crippen molar-refractivity contribution in [2.45, 2.75) is 6.42 Å². The standard InChI is InChI=1S/C35H33N5O2S/c1-39-16-18-40(19-17-39)15-14-23-6-10-27(11-7-23)36-35(42)26-8-12-29-30(21-26)38-34(37-29)28-20-25(9-13-31(28)41)33-22-24-4-2-3-5-32(24)43-33/h2-13,20-22,41H,14-19H2,1H3,(H,36,42)(H,37,38). The van der Waals surface area contributed by atoms with E-state index < -0.39 is 0 Å². The van der Waals surface area contributed by atoms with Crippen molar-refractivity contribution in [3.63, 3.8) is 0 Å². The number of benzene rings is 4. The van der Waals surface area contributed by atoms with E-state index >= 15 is 0 Å². The number of likely N-dealkylation sites (N-methyl/N-ethyl adjacent to an activating group) is 1. The minimum absolute atomic E-state index is 0.147. The van der Waals surface area contributed by atoms with Crippen LogP contribution in [0.4, 0.5) is 5.69 Å². The van der Waals surface area contributed by atoms with Gasteiger partial charge in [-0.15, -0.1) is 11.3 Å². The topological polar surface area (TPSA) is 84.5 Å². The predicted octanol–water partition coefficient (Wildman–Crippen LogP) is 6.86. The number of anilines is 1. The summed E-state index contributed by atoms with van der Waals surface area (Å²) in [6, 6.07) is 29.6. The lowest BCUT2D eigenvalue weighted by Crippen LogP contribution is -2.45. The van der Waals surface area contributed by atoms with Gasteiger partial charge in [-0.05, 0) is 90.6 Å². The zero-order valence-electron chi connectivity index (χ0n) is 24.0. The number of carbonyl (C=O) groups excluding carboxylic acids is 1. The molecule has 1 amide bonds. The van der Waals surface area contributed by atoms with Crippen LogP contribution in [0.2, 0.25) is 0 Å². The fourth-order valence-electron chi connectivity index (χ4n) is 5.60. The molecule has 6 aromatic rings. The molecule has 216 valence electrons. The number of phenols is 1. The van der Waals surface area contributed by atoms with E-state index in [1.807, 2.05) is 42.5 Å². The number of aromatic hydroxyl groups is 1. The van der Waals surface area contributed by atoms with E-state index in [9.17, 15) is 9.90 Å². The number of nitrogens with one attached hydrogen (secondary N) is 2. The van der Waals surface area contributed by atoms with Crippen LogP contribution in [0.25, 0.3) is 42.9 Å². The lowest BCUT2D eigenvalue weighted by Gasteiger charge is -2.32. The minimum Gasteiger partial charge on any atom is -0.507 e. The van der Waals surface area contributed by atoms with Gasteiger partial charge in [0.05, 0.1) is 16.6 Å². The number of fused-ring (bicyclic) bond motifs is 2. The smallest absolute Gasteiger partial charge is 0.255 e. The molecule has 0 aliphatic carbocycles. The van der Waals surface area contributed by atoms with Gasteiger partial charge in [0.1, 0.15) is 11.6 Å². The van der Waals surface area contributed by atoms with Crippen molar-refractivity contribution in [2.75, 3.05) is 45.1 Å². The molecule has 3 heterocycles. The van der Waals surface area contributed by atoms with E-state index in [-0.39, 0.29) is 11.7 Å². The van der Waals surface area contributed by atoms with E-state index in [0.29, 0.717) is 17.0 Å². The van der Waals surface area contributed by atoms with Gasteiger partial charge in [0.25, 0.3) is 5.91 Å². The highest BCUT2D eigenvalue weighted by atomic mass is 32.1. The van der Waals surface area contributed by atoms with Crippen LogP contribution in [-0.2, 0) is 6.42 Å². The van der Waals surface area contributed by atoms with Crippen molar-refractivity contribution >= 4 is 44.1 Å². The van der Waals surface area contributed by atoms with Crippen LogP contribution in [-0.4, -0.2) is 70.6 Å². The minimum atomic E-state index is -0.183. The van der Waals surface area contributed by atoms with Crippen LogP contribution in [0.15, 0.2) is 91.0 Å². The second-order valence-corrected chi connectivity index (χ2v) is 12.3. The number of amides is 1. The number of hydrogen-bond donors (Lipinski definition) is 3. The third kappa shape index (κ3) is 5.90. The molecule has 2 aromatic heterocycles. The maximum atomic E-state index is 13.1. The average molecular weight is 588 g/mol. The van der Waals surface area contributed by atoms with Crippen LogP contribution < -0.4 is 5.32 Å². The van der Waals surface area contributed by atoms with Crippen molar-refractivity contribution in [3.8, 4) is 27.6 Å². The van der Waals surface area contributed by atoms with E-state index in [4.69, 9.17) is 4.98 Å². The number of hydrogen-bond acceptors (Lipinski definition) is 6. The van der Waals surface area contributed by atoms with Crippen LogP contribution in [0, 0.1) is 0 Å². The predicted molar refractivity (Wildman–Crippen MR) is 176 cm³/mol. The molecule has 43 heavy (non-hydrogen) atoms. The molecule has 8 heteroatoms. The van der Waals surface area contributed by atoms with Crippen LogP contribution in [0.5, 0.6) is 5.75 Å². The van der Waals surface area contributed by atoms with Gasteiger partial charge in [0.15, 0.2) is 0 Å². The van der Waals surface area contributed by atoms with Gasteiger partial charge in [0, 0.05) is 53.6 Å². The number of piperazine rings is 1. The fourth-order valence-corrected chi connectivity index (χ4v) is 6.66. The highest BCUT2D eigenvalue weighted by molar-refractivity contribution is 7.22. The molecular formula is C35H33N5O2S. The van der Waals surface area contributed by atoms with Crippen LogP contribution in [0.3, 0.4) is 0 Å². The molecule has 4 aromatic carbocycles. The molecule has 0 bridgehead atoms. The van der Waals surface area contributed by atoms with E-state index in [0.717, 1.165) is 66.3 Å². The van der Waals surface area contributed by atoms with Crippen molar-refractivity contribution < 1.29 is 9.90 Å². The van der Waals surface area contributed by atoms with Gasteiger partial charge in [-0.2, -0.15) is 0 Å². The number of rotatable bonds is 7. The Morgan fingerprint density at radius 1 is 0.953 bits per heavy atom. The van der Waals surface area contributed by atoms with E-state index in [1.165, 1.54) is 15.6 Å². The molecule has 1 saturated heterocycles. The lowest BCUT2D eigenvalue weighted by molar-refractivity contribution is 0.102. The second kappa shape index (κ2) is 11.6. The number of imidazole rings is 1. The first-order valence-electron chi connectivity index (χ1n) is 14.6. The summed E-state index contributed by atoms with van der Waals surface area (Å²) in [5.74, 6) is 0.520. The summed E-state index contributed by atoms with van der Waals surface area (Å²) in [6.07, 6.45) is 0.999. The Kier molecular flexibility index (Phi) is 7.40. The lowest BCUT2D eigenvalue weighted by atomic mass is 10.1. The number of phenolic OH excluding ortho intramolecular Hbond substituents is 1. The van der Waals surface area contributed by atoms with E-state index in [2.05, 4.69) is 57.5 Å². The molecule has 3 N–H and O–H groups in total. The normalized spacial score (nSPS) is 14.4. The molecule has 0 unspecified atom stereocenters. The Bertz CT molecular complexity index is 1890. The SMILES string of the molecule is CN1CCN(CCc2ccc(NC(=O)c3ccc4nc(-c5cc(-c6cc7ccccc7s6)ccc5O)[nH]c4c3)cc2)CC1. The number of H-pyrrole nitrogens is 1. The number of aromatic amines is 1. The number of thiophene rings is 1. The van der Waals surface area contributed by atoms with Crippen LogP contribution in [0.1, 0.15) is 15.9 Å². The molecule has 1 aliphatic heterocycles. The zero-order valence-corrected chi connectivity index (χ0v) is 24.8. The first-order valence-corrected chi connectivity index (χ1v) is 15.4. The molecule has 0 atom stereocenters. The fraction of sp³-hybridized carbons (Fsp3) is 0.200. The van der Waals surface area contributed by atoms with E-state index in [1.54, 1.807) is 29.5 Å². The van der Waals surface area contributed by atoms with Gasteiger partial charge in [-0.1, -0.05) is 30.3 Å². The highest BCUT2D eigenvalue weighted by Crippen LogP contribution is 2.38. The highest BCUT2D eigenvalue weighted by Gasteiger charge is 2.16. The van der Waals surface area contributed by atoms with Crippen molar-refractivity contribution in [3.05, 3.63) is 102 Å². The first kappa shape index (κ1) is 27.3. The summed E-state index contributed by atoms with van der Waals surface area (Å²) >= 11 is 1.72. The third-order valence-electron chi connectivity index (χ3n) is 8.23. The molecule has 7 nitrogen and oxygen atoms in total. The maximum absolute atomic E-state index is 13.1. The molecule has 0 saturated carbocycles. The largest absolute Gasteiger partial charge is 0.507 e. The Hall–Kier alpha value is -4.50. The number of nitrogens with zero attached hydrogens (tertiary/aromatic N) is 3. The Morgan fingerprint density at radius 2 is 1.77 bits per heavy atom. The van der Waals surface area contributed by atoms with Crippen molar-refractivity contribution in [1.29, 1.82) is 0 Å². The molecule has 1 fully saturated rings. The van der Waals surface area contributed by atoms with Crippen LogP contribution >= 0.6 is 11.3 Å². The summed E-state index contributed by atoms with van der Waals surface area (Å²) in [4.78, 5) is 27.2. The zero-order chi connectivity index (χ0) is 29.3. The maximum Gasteiger partial charge on any atom is 0.255 e. The van der Waals surface area contributed by atoms with Gasteiger partial charge >= 0.3 is 0 Å². The van der Waals surface area contributed by atoms with Crippen molar-refractivity contribution in [1.82, 2.24) is 19.8 Å². The summed E-state index contributed by atoms with van der Waals surface area (Å²) in [6.45, 7) is 5.54. The molecule has 0 spiro atoms. The second-order valence-electron chi connectivity index (χ2n) is 11.2. The summed E-state index contributed by atoms with van der Waals surface area (Å²) in [5, 5.41) is 14.9. The van der Waals surface area contributed by atoms with Gasteiger partial charge < -0.3 is 25.2 Å².